The van der Waals surface area contributed by atoms with Crippen molar-refractivity contribution in [1.29, 1.82) is 0 Å². The van der Waals surface area contributed by atoms with E-state index >= 15 is 0 Å². The molecule has 0 fully saturated rings. The van der Waals surface area contributed by atoms with E-state index in [9.17, 15) is 14.0 Å². The first-order valence-corrected chi connectivity index (χ1v) is 10.8. The molecule has 0 aliphatic carbocycles. The molecule has 1 aliphatic rings. The Morgan fingerprint density at radius 3 is 2.69 bits per heavy atom. The van der Waals surface area contributed by atoms with Crippen molar-refractivity contribution < 1.29 is 28.2 Å². The minimum absolute atomic E-state index is 0.170. The topological polar surface area (TPSA) is 73.9 Å². The second-order valence-corrected chi connectivity index (χ2v) is 8.69. The van der Waals surface area contributed by atoms with Gasteiger partial charge in [-0.15, -0.1) is 11.3 Å². The Kier molecular flexibility index (Phi) is 6.25. The third-order valence-corrected chi connectivity index (χ3v) is 6.25. The SMILES string of the molecule is CC(=O)Nc1sc(C)c(C)c1C(=O)OCc1cc(F)cc2c1OC(c1ccccc1)OC2. The predicted molar refractivity (Wildman–Crippen MR) is 118 cm³/mol. The lowest BCUT2D eigenvalue weighted by atomic mass is 10.1. The van der Waals surface area contributed by atoms with E-state index in [0.717, 1.165) is 16.0 Å². The summed E-state index contributed by atoms with van der Waals surface area (Å²) in [4.78, 5) is 25.3. The van der Waals surface area contributed by atoms with E-state index in [1.165, 1.54) is 30.4 Å². The van der Waals surface area contributed by atoms with Gasteiger partial charge in [-0.25, -0.2) is 9.18 Å². The first kappa shape index (κ1) is 22.0. The molecule has 1 amide bonds. The predicted octanol–water partition coefficient (Wildman–Crippen LogP) is 5.43. The minimum atomic E-state index is -0.642. The summed E-state index contributed by atoms with van der Waals surface area (Å²) in [5.74, 6) is -0.901. The molecule has 0 spiro atoms. The molecule has 1 aliphatic heterocycles. The summed E-state index contributed by atoms with van der Waals surface area (Å²) < 4.78 is 31.5. The number of nitrogens with one attached hydrogen (secondary N) is 1. The molecule has 4 rings (SSSR count). The van der Waals surface area contributed by atoms with Crippen molar-refractivity contribution in [3.8, 4) is 5.75 Å². The number of ether oxygens (including phenoxy) is 3. The molecule has 8 heteroatoms. The fourth-order valence-corrected chi connectivity index (χ4v) is 4.59. The number of rotatable bonds is 5. The number of benzene rings is 2. The zero-order chi connectivity index (χ0) is 22.8. The van der Waals surface area contributed by atoms with E-state index in [4.69, 9.17) is 14.2 Å². The lowest BCUT2D eigenvalue weighted by Crippen LogP contribution is -2.20. The van der Waals surface area contributed by atoms with Crippen LogP contribution in [0.1, 0.15) is 50.7 Å². The number of thiophene rings is 1. The number of anilines is 1. The molecule has 0 bridgehead atoms. The number of aryl methyl sites for hydroxylation is 1. The van der Waals surface area contributed by atoms with Crippen LogP contribution in [0.3, 0.4) is 0 Å². The zero-order valence-electron chi connectivity index (χ0n) is 17.9. The number of esters is 1. The van der Waals surface area contributed by atoms with Gasteiger partial charge in [0.05, 0.1) is 12.2 Å². The van der Waals surface area contributed by atoms with E-state index in [0.29, 0.717) is 27.4 Å². The number of carbonyl (C=O) groups is 2. The van der Waals surface area contributed by atoms with Crippen molar-refractivity contribution in [2.45, 2.75) is 40.3 Å². The number of halogens is 1. The van der Waals surface area contributed by atoms with Crippen molar-refractivity contribution in [2.75, 3.05) is 5.32 Å². The van der Waals surface area contributed by atoms with Crippen molar-refractivity contribution in [3.63, 3.8) is 0 Å². The molecule has 6 nitrogen and oxygen atoms in total. The number of hydrogen-bond donors (Lipinski definition) is 1. The second-order valence-electron chi connectivity index (χ2n) is 7.47. The highest BCUT2D eigenvalue weighted by Crippen LogP contribution is 2.38. The van der Waals surface area contributed by atoms with E-state index in [1.54, 1.807) is 6.92 Å². The summed E-state index contributed by atoms with van der Waals surface area (Å²) in [5.41, 5.74) is 2.82. The van der Waals surface area contributed by atoms with E-state index < -0.39 is 18.1 Å². The van der Waals surface area contributed by atoms with Gasteiger partial charge in [0.2, 0.25) is 12.2 Å². The van der Waals surface area contributed by atoms with Gasteiger partial charge in [0.1, 0.15) is 23.2 Å². The molecular weight excluding hydrogens is 433 g/mol. The maximum absolute atomic E-state index is 14.2. The third-order valence-electron chi connectivity index (χ3n) is 5.13. The van der Waals surface area contributed by atoms with E-state index in [2.05, 4.69) is 5.32 Å². The monoisotopic (exact) mass is 455 g/mol. The molecular formula is C24H22FNO5S. The highest BCUT2D eigenvalue weighted by atomic mass is 32.1. The Balaban J connectivity index is 1.57. The number of amides is 1. The van der Waals surface area contributed by atoms with Gasteiger partial charge in [0.15, 0.2) is 0 Å². The minimum Gasteiger partial charge on any atom is -0.460 e. The van der Waals surface area contributed by atoms with Crippen molar-refractivity contribution in [1.82, 2.24) is 0 Å². The van der Waals surface area contributed by atoms with Crippen LogP contribution >= 0.6 is 11.3 Å². The number of carbonyl (C=O) groups excluding carboxylic acids is 2. The van der Waals surface area contributed by atoms with Crippen molar-refractivity contribution >= 4 is 28.2 Å². The third kappa shape index (κ3) is 4.51. The van der Waals surface area contributed by atoms with Crippen LogP contribution in [-0.4, -0.2) is 11.9 Å². The maximum Gasteiger partial charge on any atom is 0.341 e. The molecule has 32 heavy (non-hydrogen) atoms. The molecule has 1 aromatic heterocycles. The van der Waals surface area contributed by atoms with Gasteiger partial charge in [0.25, 0.3) is 0 Å². The molecule has 2 aromatic carbocycles. The Hall–Kier alpha value is -3.23. The first-order chi connectivity index (χ1) is 15.3. The average Bonchev–Trinajstić information content (AvgIpc) is 3.04. The zero-order valence-corrected chi connectivity index (χ0v) is 18.7. The maximum atomic E-state index is 14.2. The van der Waals surface area contributed by atoms with Crippen LogP contribution in [0.15, 0.2) is 42.5 Å². The molecule has 1 unspecified atom stereocenters. The van der Waals surface area contributed by atoms with Gasteiger partial charge in [0, 0.05) is 28.5 Å². The first-order valence-electron chi connectivity index (χ1n) is 10.0. The number of fused-ring (bicyclic) bond motifs is 1. The molecule has 3 aromatic rings. The Labute approximate surface area is 188 Å². The highest BCUT2D eigenvalue weighted by molar-refractivity contribution is 7.16. The fraction of sp³-hybridized carbons (Fsp3) is 0.250. The van der Waals surface area contributed by atoms with Crippen LogP contribution in [0, 0.1) is 19.7 Å². The summed E-state index contributed by atoms with van der Waals surface area (Å²) in [7, 11) is 0. The molecule has 166 valence electrons. The molecule has 1 N–H and O–H groups in total. The Bertz CT molecular complexity index is 1170. The smallest absolute Gasteiger partial charge is 0.341 e. The largest absolute Gasteiger partial charge is 0.460 e. The summed E-state index contributed by atoms with van der Waals surface area (Å²) >= 11 is 1.31. The summed E-state index contributed by atoms with van der Waals surface area (Å²) in [6.07, 6.45) is -0.642. The Morgan fingerprint density at radius 2 is 1.97 bits per heavy atom. The van der Waals surface area contributed by atoms with Gasteiger partial charge < -0.3 is 19.5 Å². The fourth-order valence-electron chi connectivity index (χ4n) is 3.49. The highest BCUT2D eigenvalue weighted by Gasteiger charge is 2.27. The molecule has 0 saturated carbocycles. The van der Waals surface area contributed by atoms with Crippen LogP contribution in [0.5, 0.6) is 5.75 Å². The Morgan fingerprint density at radius 1 is 1.22 bits per heavy atom. The van der Waals surface area contributed by atoms with Gasteiger partial charge in [-0.05, 0) is 31.5 Å². The normalized spacial score (nSPS) is 14.9. The van der Waals surface area contributed by atoms with Gasteiger partial charge in [-0.1, -0.05) is 30.3 Å². The molecule has 0 saturated heterocycles. The van der Waals surface area contributed by atoms with E-state index in [-0.39, 0.29) is 19.1 Å². The molecule has 2 heterocycles. The number of hydrogen-bond acceptors (Lipinski definition) is 6. The van der Waals surface area contributed by atoms with Gasteiger partial charge in [-0.3, -0.25) is 4.79 Å². The van der Waals surface area contributed by atoms with Crippen LogP contribution in [-0.2, 0) is 27.5 Å². The van der Waals surface area contributed by atoms with Crippen LogP contribution in [0.2, 0.25) is 0 Å². The van der Waals surface area contributed by atoms with Crippen molar-refractivity contribution in [3.05, 3.63) is 81.0 Å². The molecule has 1 atom stereocenters. The molecule has 0 radical (unpaired) electrons. The standard InChI is InChI=1S/C24H22FNO5S/c1-13-14(2)32-22(26-15(3)27)20(13)23(28)29-11-17-9-19(25)10-18-12-30-24(31-21(17)18)16-7-5-4-6-8-16/h4-10,24H,11-12H2,1-3H3,(H,26,27). The van der Waals surface area contributed by atoms with Crippen LogP contribution in [0.4, 0.5) is 9.39 Å². The van der Waals surface area contributed by atoms with Gasteiger partial charge >= 0.3 is 5.97 Å². The van der Waals surface area contributed by atoms with Crippen LogP contribution in [0.25, 0.3) is 0 Å². The quantitative estimate of drug-likeness (QED) is 0.520. The van der Waals surface area contributed by atoms with Crippen molar-refractivity contribution in [2.24, 2.45) is 0 Å². The summed E-state index contributed by atoms with van der Waals surface area (Å²) in [6, 6.07) is 12.0. The summed E-state index contributed by atoms with van der Waals surface area (Å²) in [6.45, 7) is 5.02. The van der Waals surface area contributed by atoms with Crippen LogP contribution < -0.4 is 10.1 Å². The summed E-state index contributed by atoms with van der Waals surface area (Å²) in [5, 5.41) is 3.11. The average molecular weight is 456 g/mol. The van der Waals surface area contributed by atoms with Gasteiger partial charge in [-0.2, -0.15) is 0 Å². The lowest BCUT2D eigenvalue weighted by Gasteiger charge is -2.28. The second kappa shape index (κ2) is 9.10. The lowest BCUT2D eigenvalue weighted by molar-refractivity contribution is -0.114. The van der Waals surface area contributed by atoms with E-state index in [1.807, 2.05) is 37.3 Å².